The molecule has 0 aliphatic heterocycles. The van der Waals surface area contributed by atoms with Crippen LogP contribution in [-0.4, -0.2) is 62.3 Å². The Kier molecular flexibility index (Phi) is 26.8. The van der Waals surface area contributed by atoms with Crippen LogP contribution in [0.4, 0.5) is 0 Å². The molecule has 312 valence electrons. The second-order valence-electron chi connectivity index (χ2n) is 18.1. The lowest BCUT2D eigenvalue weighted by Gasteiger charge is -2.40. The van der Waals surface area contributed by atoms with E-state index in [1.165, 1.54) is 51.4 Å². The fraction of sp³-hybridized carbons (Fsp3) is 0.935. The smallest absolute Gasteiger partial charge is 0.306 e. The van der Waals surface area contributed by atoms with E-state index < -0.39 is 0 Å². The zero-order chi connectivity index (χ0) is 39.5. The average Bonchev–Trinajstić information content (AvgIpc) is 3.24. The van der Waals surface area contributed by atoms with E-state index in [0.29, 0.717) is 37.7 Å². The third-order valence-electron chi connectivity index (χ3n) is 12.9. The summed E-state index contributed by atoms with van der Waals surface area (Å²) < 4.78 is 17.6. The normalized spacial score (nSPS) is 18.4. The first kappa shape index (κ1) is 49.4. The minimum atomic E-state index is -0.0784. The van der Waals surface area contributed by atoms with Crippen LogP contribution in [0.25, 0.3) is 0 Å². The summed E-state index contributed by atoms with van der Waals surface area (Å²) in [6.45, 7) is 17.3. The molecule has 1 saturated carbocycles. The first-order valence-electron chi connectivity index (χ1n) is 22.4. The molecule has 0 aromatic rings. The molecule has 1 rings (SSSR count). The van der Waals surface area contributed by atoms with Crippen LogP contribution in [0, 0.1) is 22.7 Å². The number of ether oxygens (including phenoxy) is 3. The highest BCUT2D eigenvalue weighted by Crippen LogP contribution is 2.56. The molecule has 0 amide bonds. The maximum Gasteiger partial charge on any atom is 0.306 e. The molecule has 1 aliphatic rings. The quantitative estimate of drug-likeness (QED) is 0.0375. The predicted molar refractivity (Wildman–Crippen MR) is 221 cm³/mol. The molecule has 0 heterocycles. The van der Waals surface area contributed by atoms with Crippen molar-refractivity contribution in [3.05, 3.63) is 0 Å². The van der Waals surface area contributed by atoms with Gasteiger partial charge in [0.1, 0.15) is 12.2 Å². The third kappa shape index (κ3) is 21.9. The molecule has 0 radical (unpaired) electrons. The van der Waals surface area contributed by atoms with Gasteiger partial charge in [-0.1, -0.05) is 138 Å². The topological polar surface area (TPSA) is 82.1 Å². The van der Waals surface area contributed by atoms with Crippen LogP contribution in [0.2, 0.25) is 0 Å². The van der Waals surface area contributed by atoms with Gasteiger partial charge >= 0.3 is 17.9 Å². The molecule has 0 N–H and O–H groups in total. The zero-order valence-electron chi connectivity index (χ0n) is 36.5. The molecule has 0 saturated heterocycles. The highest BCUT2D eigenvalue weighted by atomic mass is 16.5. The Labute approximate surface area is 328 Å². The maximum absolute atomic E-state index is 12.6. The summed E-state index contributed by atoms with van der Waals surface area (Å²) in [5.41, 5.74) is 0.132. The lowest BCUT2D eigenvalue weighted by molar-refractivity contribution is -0.156. The van der Waals surface area contributed by atoms with Crippen LogP contribution >= 0.6 is 0 Å². The van der Waals surface area contributed by atoms with Gasteiger partial charge in [-0.25, -0.2) is 0 Å². The third-order valence-corrected chi connectivity index (χ3v) is 12.9. The molecule has 0 aromatic carbocycles. The summed E-state index contributed by atoms with van der Waals surface area (Å²) in [5, 5.41) is 0. The Hall–Kier alpha value is -1.63. The summed E-state index contributed by atoms with van der Waals surface area (Å²) in [4.78, 5) is 39.7. The molecule has 0 spiro atoms. The van der Waals surface area contributed by atoms with E-state index in [0.717, 1.165) is 103 Å². The van der Waals surface area contributed by atoms with Crippen molar-refractivity contribution >= 4 is 17.9 Å². The van der Waals surface area contributed by atoms with E-state index in [-0.39, 0.29) is 40.9 Å². The van der Waals surface area contributed by atoms with Crippen LogP contribution in [-0.2, 0) is 28.6 Å². The van der Waals surface area contributed by atoms with E-state index in [1.54, 1.807) is 0 Å². The largest absolute Gasteiger partial charge is 0.466 e. The molecule has 7 nitrogen and oxygen atoms in total. The van der Waals surface area contributed by atoms with Crippen molar-refractivity contribution in [2.24, 2.45) is 22.7 Å². The molecule has 3 atom stereocenters. The molecule has 1 unspecified atom stereocenters. The second kappa shape index (κ2) is 28.7. The number of nitrogens with zero attached hydrogens (tertiary/aromatic N) is 1. The fourth-order valence-corrected chi connectivity index (χ4v) is 7.97. The van der Waals surface area contributed by atoms with Crippen molar-refractivity contribution < 1.29 is 28.6 Å². The Balaban J connectivity index is 2.30. The van der Waals surface area contributed by atoms with Crippen molar-refractivity contribution in [2.45, 2.75) is 228 Å². The van der Waals surface area contributed by atoms with Gasteiger partial charge in [-0.15, -0.1) is 0 Å². The van der Waals surface area contributed by atoms with Crippen molar-refractivity contribution in [1.29, 1.82) is 0 Å². The van der Waals surface area contributed by atoms with Crippen molar-refractivity contribution in [3.63, 3.8) is 0 Å². The Morgan fingerprint density at radius 1 is 0.604 bits per heavy atom. The van der Waals surface area contributed by atoms with Gasteiger partial charge in [-0.2, -0.15) is 0 Å². The minimum Gasteiger partial charge on any atom is -0.466 e. The molecule has 0 aromatic heterocycles. The summed E-state index contributed by atoms with van der Waals surface area (Å²) in [5.74, 6) is 1.05. The van der Waals surface area contributed by atoms with Gasteiger partial charge in [0.2, 0.25) is 0 Å². The minimum absolute atomic E-state index is 0.000765. The Morgan fingerprint density at radius 2 is 1.09 bits per heavy atom. The number of esters is 3. The molecule has 53 heavy (non-hydrogen) atoms. The number of carbonyl (C=O) groups is 3. The van der Waals surface area contributed by atoms with Gasteiger partial charge in [-0.3, -0.25) is 14.4 Å². The van der Waals surface area contributed by atoms with Crippen molar-refractivity contribution in [1.82, 2.24) is 4.90 Å². The standard InChI is InChI=1S/C46H87NO6/c1-10-12-20-27-39(28-21-13-11-2)34-36-51-42(48)31-24-18-14-16-22-29-40(52-43(49)33-26-35-47(8)9)30-23-17-15-19-25-32-44(50)53-41-37-38(3)45(4,5)46(41,6)7/h38-41H,10-37H2,1-9H3/t38-,40?,41+/m1/s1. The van der Waals surface area contributed by atoms with E-state index in [1.807, 2.05) is 14.1 Å². The number of rotatable bonds is 33. The van der Waals surface area contributed by atoms with Gasteiger partial charge in [0.15, 0.2) is 0 Å². The highest BCUT2D eigenvalue weighted by molar-refractivity contribution is 5.70. The summed E-state index contributed by atoms with van der Waals surface area (Å²) >= 11 is 0. The molecule has 1 fully saturated rings. The number of carbonyl (C=O) groups excluding carboxylic acids is 3. The monoisotopic (exact) mass is 750 g/mol. The Bertz CT molecular complexity index is 952. The molecule has 0 bridgehead atoms. The SMILES string of the molecule is CCCCCC(CCCCC)CCOC(=O)CCCCCCCC(CCCCCCCC(=O)O[C@H]1C[C@@H](C)C(C)(C)C1(C)C)OC(=O)CCCN(C)C. The lowest BCUT2D eigenvalue weighted by atomic mass is 9.67. The van der Waals surface area contributed by atoms with Crippen molar-refractivity contribution in [2.75, 3.05) is 27.2 Å². The van der Waals surface area contributed by atoms with Crippen LogP contribution in [0.3, 0.4) is 0 Å². The molecular weight excluding hydrogens is 663 g/mol. The van der Waals surface area contributed by atoms with Crippen LogP contribution in [0.5, 0.6) is 0 Å². The lowest BCUT2D eigenvalue weighted by Crippen LogP contribution is -2.38. The summed E-state index contributed by atoms with van der Waals surface area (Å²) in [7, 11) is 4.05. The molecular formula is C46H87NO6. The first-order chi connectivity index (χ1) is 25.2. The fourth-order valence-electron chi connectivity index (χ4n) is 7.97. The second-order valence-corrected chi connectivity index (χ2v) is 18.1. The van der Waals surface area contributed by atoms with Crippen LogP contribution in [0.1, 0.15) is 215 Å². The number of unbranched alkanes of at least 4 members (excludes halogenated alkanes) is 12. The van der Waals surface area contributed by atoms with Gasteiger partial charge in [0.25, 0.3) is 0 Å². The van der Waals surface area contributed by atoms with Gasteiger partial charge in [-0.05, 0) is 95.7 Å². The maximum atomic E-state index is 12.6. The summed E-state index contributed by atoms with van der Waals surface area (Å²) in [6, 6.07) is 0. The van der Waals surface area contributed by atoms with E-state index >= 15 is 0 Å². The summed E-state index contributed by atoms with van der Waals surface area (Å²) in [6.07, 6.45) is 26.4. The van der Waals surface area contributed by atoms with Crippen LogP contribution in [0.15, 0.2) is 0 Å². The van der Waals surface area contributed by atoms with Crippen molar-refractivity contribution in [3.8, 4) is 0 Å². The molecule has 7 heteroatoms. The highest BCUT2D eigenvalue weighted by Gasteiger charge is 2.54. The average molecular weight is 750 g/mol. The first-order valence-corrected chi connectivity index (χ1v) is 22.4. The van der Waals surface area contributed by atoms with Crippen LogP contribution < -0.4 is 0 Å². The number of hydrogen-bond donors (Lipinski definition) is 0. The van der Waals surface area contributed by atoms with Gasteiger partial charge < -0.3 is 19.1 Å². The van der Waals surface area contributed by atoms with Gasteiger partial charge in [0.05, 0.1) is 6.61 Å². The van der Waals surface area contributed by atoms with E-state index in [9.17, 15) is 14.4 Å². The predicted octanol–water partition coefficient (Wildman–Crippen LogP) is 12.4. The number of hydrogen-bond acceptors (Lipinski definition) is 7. The van der Waals surface area contributed by atoms with Gasteiger partial charge in [0, 0.05) is 24.7 Å². The van der Waals surface area contributed by atoms with E-state index in [4.69, 9.17) is 14.2 Å². The molecule has 1 aliphatic carbocycles. The zero-order valence-corrected chi connectivity index (χ0v) is 36.5. The Morgan fingerprint density at radius 3 is 1.60 bits per heavy atom. The van der Waals surface area contributed by atoms with E-state index in [2.05, 4.69) is 53.4 Å².